The Morgan fingerprint density at radius 2 is 1.76 bits per heavy atom. The zero-order valence-electron chi connectivity index (χ0n) is 15.2. The van der Waals surface area contributed by atoms with E-state index in [0.29, 0.717) is 35.5 Å². The standard InChI is InChI=1S/C20H25NO4/c1-5-24-18-11-8-16(12-19(18)23-4)21-20(22)13-25-17-9-6-15(7-10-17)14(2)3/h6-12,14H,5,13H2,1-4H3,(H,21,22). The Kier molecular flexibility index (Phi) is 6.69. The number of benzene rings is 2. The lowest BCUT2D eigenvalue weighted by Crippen LogP contribution is -2.20. The first-order valence-corrected chi connectivity index (χ1v) is 8.37. The molecule has 0 aliphatic rings. The first kappa shape index (κ1) is 18.6. The molecule has 1 N–H and O–H groups in total. The van der Waals surface area contributed by atoms with E-state index in [-0.39, 0.29) is 12.5 Å². The molecular formula is C20H25NO4. The van der Waals surface area contributed by atoms with Gasteiger partial charge < -0.3 is 19.5 Å². The van der Waals surface area contributed by atoms with Gasteiger partial charge >= 0.3 is 0 Å². The van der Waals surface area contributed by atoms with Crippen molar-refractivity contribution >= 4 is 11.6 Å². The fraction of sp³-hybridized carbons (Fsp3) is 0.350. The van der Waals surface area contributed by atoms with Crippen molar-refractivity contribution in [3.05, 3.63) is 48.0 Å². The van der Waals surface area contributed by atoms with E-state index in [9.17, 15) is 4.79 Å². The molecule has 5 heteroatoms. The molecule has 0 aromatic heterocycles. The summed E-state index contributed by atoms with van der Waals surface area (Å²) in [6.45, 7) is 6.66. The summed E-state index contributed by atoms with van der Waals surface area (Å²) in [7, 11) is 1.56. The number of amides is 1. The normalized spacial score (nSPS) is 10.4. The van der Waals surface area contributed by atoms with Gasteiger partial charge in [0.05, 0.1) is 13.7 Å². The topological polar surface area (TPSA) is 56.8 Å². The quantitative estimate of drug-likeness (QED) is 0.779. The third kappa shape index (κ3) is 5.41. The van der Waals surface area contributed by atoms with Gasteiger partial charge in [-0.05, 0) is 42.7 Å². The van der Waals surface area contributed by atoms with Crippen molar-refractivity contribution in [2.45, 2.75) is 26.7 Å². The minimum Gasteiger partial charge on any atom is -0.493 e. The second kappa shape index (κ2) is 8.97. The predicted molar refractivity (Wildman–Crippen MR) is 98.8 cm³/mol. The third-order valence-corrected chi connectivity index (χ3v) is 3.66. The fourth-order valence-electron chi connectivity index (χ4n) is 2.31. The number of hydrogen-bond donors (Lipinski definition) is 1. The van der Waals surface area contributed by atoms with Gasteiger partial charge in [0.1, 0.15) is 5.75 Å². The highest BCUT2D eigenvalue weighted by Gasteiger charge is 2.09. The number of ether oxygens (including phenoxy) is 3. The first-order chi connectivity index (χ1) is 12.0. The van der Waals surface area contributed by atoms with Gasteiger partial charge in [-0.3, -0.25) is 4.79 Å². The van der Waals surface area contributed by atoms with Crippen LogP contribution in [0.4, 0.5) is 5.69 Å². The molecule has 2 aromatic carbocycles. The molecule has 0 heterocycles. The maximum Gasteiger partial charge on any atom is 0.262 e. The third-order valence-electron chi connectivity index (χ3n) is 3.66. The van der Waals surface area contributed by atoms with E-state index in [1.165, 1.54) is 5.56 Å². The van der Waals surface area contributed by atoms with Gasteiger partial charge in [0.2, 0.25) is 0 Å². The highest BCUT2D eigenvalue weighted by atomic mass is 16.5. The van der Waals surface area contributed by atoms with Crippen LogP contribution >= 0.6 is 0 Å². The fourth-order valence-corrected chi connectivity index (χ4v) is 2.31. The van der Waals surface area contributed by atoms with Gasteiger partial charge in [0.15, 0.2) is 18.1 Å². The molecule has 0 aliphatic carbocycles. The summed E-state index contributed by atoms with van der Waals surface area (Å²) in [5, 5.41) is 2.79. The van der Waals surface area contributed by atoms with E-state index < -0.39 is 0 Å². The van der Waals surface area contributed by atoms with Crippen LogP contribution in [0.5, 0.6) is 17.2 Å². The van der Waals surface area contributed by atoms with E-state index in [2.05, 4.69) is 19.2 Å². The molecule has 0 unspecified atom stereocenters. The molecule has 1 amide bonds. The summed E-state index contributed by atoms with van der Waals surface area (Å²) in [4.78, 5) is 12.1. The number of anilines is 1. The van der Waals surface area contributed by atoms with Crippen molar-refractivity contribution in [2.75, 3.05) is 25.6 Å². The van der Waals surface area contributed by atoms with E-state index in [4.69, 9.17) is 14.2 Å². The Morgan fingerprint density at radius 1 is 1.04 bits per heavy atom. The Balaban J connectivity index is 1.91. The lowest BCUT2D eigenvalue weighted by molar-refractivity contribution is -0.118. The SMILES string of the molecule is CCOc1ccc(NC(=O)COc2ccc(C(C)C)cc2)cc1OC. The van der Waals surface area contributed by atoms with E-state index in [1.807, 2.05) is 31.2 Å². The Labute approximate surface area is 148 Å². The van der Waals surface area contributed by atoms with Crippen molar-refractivity contribution in [1.82, 2.24) is 0 Å². The minimum absolute atomic E-state index is 0.0590. The van der Waals surface area contributed by atoms with Crippen molar-refractivity contribution in [3.63, 3.8) is 0 Å². The molecule has 2 aromatic rings. The second-order valence-corrected chi connectivity index (χ2v) is 5.86. The number of carbonyl (C=O) groups is 1. The van der Waals surface area contributed by atoms with Gasteiger partial charge in [-0.2, -0.15) is 0 Å². The Bertz CT molecular complexity index is 695. The van der Waals surface area contributed by atoms with Crippen molar-refractivity contribution in [3.8, 4) is 17.2 Å². The van der Waals surface area contributed by atoms with Crippen LogP contribution < -0.4 is 19.5 Å². The lowest BCUT2D eigenvalue weighted by atomic mass is 10.0. The largest absolute Gasteiger partial charge is 0.493 e. The maximum absolute atomic E-state index is 12.1. The number of nitrogens with one attached hydrogen (secondary N) is 1. The van der Waals surface area contributed by atoms with E-state index in [0.717, 1.165) is 0 Å². The van der Waals surface area contributed by atoms with E-state index >= 15 is 0 Å². The van der Waals surface area contributed by atoms with E-state index in [1.54, 1.807) is 25.3 Å². The first-order valence-electron chi connectivity index (χ1n) is 8.37. The molecule has 134 valence electrons. The van der Waals surface area contributed by atoms with Crippen molar-refractivity contribution < 1.29 is 19.0 Å². The summed E-state index contributed by atoms with van der Waals surface area (Å²) in [6.07, 6.45) is 0. The molecule has 5 nitrogen and oxygen atoms in total. The molecule has 0 fully saturated rings. The molecule has 0 bridgehead atoms. The number of rotatable bonds is 8. The molecule has 0 atom stereocenters. The van der Waals surface area contributed by atoms with Crippen LogP contribution in [-0.2, 0) is 4.79 Å². The molecule has 0 saturated heterocycles. The average molecular weight is 343 g/mol. The van der Waals surface area contributed by atoms with Gasteiger partial charge in [-0.15, -0.1) is 0 Å². The Morgan fingerprint density at radius 3 is 2.36 bits per heavy atom. The Hall–Kier alpha value is -2.69. The molecular weight excluding hydrogens is 318 g/mol. The summed E-state index contributed by atoms with van der Waals surface area (Å²) in [5.74, 6) is 2.12. The van der Waals surface area contributed by atoms with Crippen LogP contribution in [-0.4, -0.2) is 26.2 Å². The van der Waals surface area contributed by atoms with Crippen LogP contribution in [0.1, 0.15) is 32.3 Å². The van der Waals surface area contributed by atoms with Crippen LogP contribution in [0.25, 0.3) is 0 Å². The van der Waals surface area contributed by atoms with Crippen LogP contribution in [0.2, 0.25) is 0 Å². The number of hydrogen-bond acceptors (Lipinski definition) is 4. The minimum atomic E-state index is -0.237. The van der Waals surface area contributed by atoms with Crippen molar-refractivity contribution in [2.24, 2.45) is 0 Å². The molecule has 0 saturated carbocycles. The molecule has 2 rings (SSSR count). The van der Waals surface area contributed by atoms with Gasteiger partial charge in [-0.25, -0.2) is 0 Å². The van der Waals surface area contributed by atoms with Gasteiger partial charge in [0.25, 0.3) is 5.91 Å². The smallest absolute Gasteiger partial charge is 0.262 e. The van der Waals surface area contributed by atoms with Crippen LogP contribution in [0.3, 0.4) is 0 Å². The lowest BCUT2D eigenvalue weighted by Gasteiger charge is -2.12. The molecule has 25 heavy (non-hydrogen) atoms. The molecule has 0 aliphatic heterocycles. The predicted octanol–water partition coefficient (Wildman–Crippen LogP) is 4.23. The van der Waals surface area contributed by atoms with Gasteiger partial charge in [0, 0.05) is 11.8 Å². The maximum atomic E-state index is 12.1. The zero-order chi connectivity index (χ0) is 18.2. The molecule has 0 radical (unpaired) electrons. The summed E-state index contributed by atoms with van der Waals surface area (Å²) in [6, 6.07) is 13.0. The highest BCUT2D eigenvalue weighted by molar-refractivity contribution is 5.92. The zero-order valence-corrected chi connectivity index (χ0v) is 15.2. The summed E-state index contributed by atoms with van der Waals surface area (Å²) in [5.41, 5.74) is 1.86. The summed E-state index contributed by atoms with van der Waals surface area (Å²) >= 11 is 0. The average Bonchev–Trinajstić information content (AvgIpc) is 2.61. The van der Waals surface area contributed by atoms with Crippen molar-refractivity contribution in [1.29, 1.82) is 0 Å². The van der Waals surface area contributed by atoms with Crippen LogP contribution in [0.15, 0.2) is 42.5 Å². The summed E-state index contributed by atoms with van der Waals surface area (Å²) < 4.78 is 16.3. The van der Waals surface area contributed by atoms with Crippen LogP contribution in [0, 0.1) is 0 Å². The monoisotopic (exact) mass is 343 g/mol. The highest BCUT2D eigenvalue weighted by Crippen LogP contribution is 2.30. The number of carbonyl (C=O) groups excluding carboxylic acids is 1. The molecule has 0 spiro atoms. The van der Waals surface area contributed by atoms with Gasteiger partial charge in [-0.1, -0.05) is 26.0 Å². The second-order valence-electron chi connectivity index (χ2n) is 5.86. The number of methoxy groups -OCH3 is 1.